The summed E-state index contributed by atoms with van der Waals surface area (Å²) in [6.07, 6.45) is 2.73. The van der Waals surface area contributed by atoms with Crippen LogP contribution in [0, 0.1) is 6.92 Å². The molecule has 0 radical (unpaired) electrons. The number of hydrogen-bond donors (Lipinski definition) is 1. The number of nitrogens with one attached hydrogen (secondary N) is 1. The molecule has 0 saturated carbocycles. The van der Waals surface area contributed by atoms with Crippen molar-refractivity contribution >= 4 is 17.5 Å². The Balaban J connectivity index is 1.76. The molecule has 0 bridgehead atoms. The Morgan fingerprint density at radius 3 is 2.48 bits per heavy atom. The zero-order valence-electron chi connectivity index (χ0n) is 15.8. The van der Waals surface area contributed by atoms with E-state index in [9.17, 15) is 9.59 Å². The SMILES string of the molecule is Cc1ccc(N2CCCC2)c(C(=O)NC2CC(=O)N(C(C)(C)C)C2)c1. The predicted octanol–water partition coefficient (Wildman–Crippen LogP) is 2.72. The number of rotatable bonds is 3. The average molecular weight is 343 g/mol. The molecule has 2 aliphatic rings. The van der Waals surface area contributed by atoms with Crippen molar-refractivity contribution in [1.29, 1.82) is 0 Å². The molecule has 2 amide bonds. The Hall–Kier alpha value is -2.04. The number of anilines is 1. The number of carbonyl (C=O) groups excluding carboxylic acids is 2. The van der Waals surface area contributed by atoms with E-state index in [2.05, 4.69) is 22.3 Å². The summed E-state index contributed by atoms with van der Waals surface area (Å²) in [5, 5.41) is 3.09. The Morgan fingerprint density at radius 1 is 1.20 bits per heavy atom. The molecule has 0 aromatic heterocycles. The van der Waals surface area contributed by atoms with Crippen LogP contribution in [0.3, 0.4) is 0 Å². The second-order valence-electron chi connectivity index (χ2n) is 8.26. The molecular weight excluding hydrogens is 314 g/mol. The van der Waals surface area contributed by atoms with Gasteiger partial charge in [0.2, 0.25) is 5.91 Å². The molecule has 1 unspecified atom stereocenters. The lowest BCUT2D eigenvalue weighted by Gasteiger charge is -2.32. The molecule has 136 valence electrons. The van der Waals surface area contributed by atoms with Gasteiger partial charge in [0.15, 0.2) is 0 Å². The molecule has 1 aromatic carbocycles. The Labute approximate surface area is 150 Å². The fourth-order valence-electron chi connectivity index (χ4n) is 3.78. The van der Waals surface area contributed by atoms with Gasteiger partial charge in [0.05, 0.1) is 11.6 Å². The number of amides is 2. The topological polar surface area (TPSA) is 52.7 Å². The molecule has 2 aliphatic heterocycles. The summed E-state index contributed by atoms with van der Waals surface area (Å²) >= 11 is 0. The monoisotopic (exact) mass is 343 g/mol. The van der Waals surface area contributed by atoms with Crippen LogP contribution < -0.4 is 10.2 Å². The van der Waals surface area contributed by atoms with E-state index in [0.717, 1.165) is 29.9 Å². The molecule has 1 atom stereocenters. The second-order valence-corrected chi connectivity index (χ2v) is 8.26. The van der Waals surface area contributed by atoms with Crippen LogP contribution in [0.1, 0.15) is 56.0 Å². The highest BCUT2D eigenvalue weighted by atomic mass is 16.2. The first kappa shape index (κ1) is 17.8. The standard InChI is InChI=1S/C20H29N3O2/c1-14-7-8-17(22-9-5-6-10-22)16(11-14)19(25)21-15-12-18(24)23(13-15)20(2,3)4/h7-8,11,15H,5-6,9-10,12-13H2,1-4H3,(H,21,25). The number of hydrogen-bond acceptors (Lipinski definition) is 3. The molecular formula is C20H29N3O2. The maximum absolute atomic E-state index is 12.9. The molecule has 2 saturated heterocycles. The van der Waals surface area contributed by atoms with Crippen molar-refractivity contribution < 1.29 is 9.59 Å². The van der Waals surface area contributed by atoms with Gasteiger partial charge >= 0.3 is 0 Å². The molecule has 5 nitrogen and oxygen atoms in total. The summed E-state index contributed by atoms with van der Waals surface area (Å²) in [6, 6.07) is 5.95. The van der Waals surface area contributed by atoms with Crippen molar-refractivity contribution in [3.63, 3.8) is 0 Å². The summed E-state index contributed by atoms with van der Waals surface area (Å²) in [5.41, 5.74) is 2.61. The van der Waals surface area contributed by atoms with E-state index in [4.69, 9.17) is 0 Å². The van der Waals surface area contributed by atoms with Gasteiger partial charge in [-0.05, 0) is 52.7 Å². The van der Waals surface area contributed by atoms with Crippen LogP contribution >= 0.6 is 0 Å². The quantitative estimate of drug-likeness (QED) is 0.918. The van der Waals surface area contributed by atoms with Crippen LogP contribution in [-0.2, 0) is 4.79 Å². The van der Waals surface area contributed by atoms with Gasteiger partial charge in [-0.3, -0.25) is 9.59 Å². The van der Waals surface area contributed by atoms with Crippen LogP contribution in [0.4, 0.5) is 5.69 Å². The molecule has 5 heteroatoms. The van der Waals surface area contributed by atoms with Gasteiger partial charge in [-0.15, -0.1) is 0 Å². The van der Waals surface area contributed by atoms with Crippen molar-refractivity contribution in [1.82, 2.24) is 10.2 Å². The lowest BCUT2D eigenvalue weighted by atomic mass is 10.1. The van der Waals surface area contributed by atoms with Gasteiger partial charge in [-0.2, -0.15) is 0 Å². The second kappa shape index (κ2) is 6.70. The molecule has 1 N–H and O–H groups in total. The molecule has 3 rings (SSSR count). The van der Waals surface area contributed by atoms with Gasteiger partial charge in [0.1, 0.15) is 0 Å². The highest BCUT2D eigenvalue weighted by Crippen LogP contribution is 2.27. The highest BCUT2D eigenvalue weighted by Gasteiger charge is 2.37. The minimum atomic E-state index is -0.208. The molecule has 25 heavy (non-hydrogen) atoms. The van der Waals surface area contributed by atoms with E-state index in [0.29, 0.717) is 13.0 Å². The molecule has 1 aromatic rings. The van der Waals surface area contributed by atoms with Gasteiger partial charge in [0, 0.05) is 37.3 Å². The molecule has 0 spiro atoms. The Bertz CT molecular complexity index is 672. The van der Waals surface area contributed by atoms with Crippen molar-refractivity contribution in [2.24, 2.45) is 0 Å². The maximum atomic E-state index is 12.9. The highest BCUT2D eigenvalue weighted by molar-refractivity contribution is 6.00. The average Bonchev–Trinajstić information content (AvgIpc) is 3.16. The van der Waals surface area contributed by atoms with Crippen molar-refractivity contribution in [3.05, 3.63) is 29.3 Å². The van der Waals surface area contributed by atoms with Crippen LogP contribution in [0.5, 0.6) is 0 Å². The summed E-state index contributed by atoms with van der Waals surface area (Å²) in [7, 11) is 0. The minimum Gasteiger partial charge on any atom is -0.371 e. The lowest BCUT2D eigenvalue weighted by molar-refractivity contribution is -0.131. The first-order valence-corrected chi connectivity index (χ1v) is 9.22. The smallest absolute Gasteiger partial charge is 0.253 e. The molecule has 2 fully saturated rings. The van der Waals surface area contributed by atoms with Gasteiger partial charge in [-0.25, -0.2) is 0 Å². The Kier molecular flexibility index (Phi) is 4.76. The number of nitrogens with zero attached hydrogens (tertiary/aromatic N) is 2. The number of likely N-dealkylation sites (tertiary alicyclic amines) is 1. The third-order valence-electron chi connectivity index (χ3n) is 5.11. The van der Waals surface area contributed by atoms with Crippen molar-refractivity contribution in [2.45, 2.75) is 58.5 Å². The van der Waals surface area contributed by atoms with E-state index in [-0.39, 0.29) is 23.4 Å². The Morgan fingerprint density at radius 2 is 1.88 bits per heavy atom. The van der Waals surface area contributed by atoms with Crippen LogP contribution in [0.2, 0.25) is 0 Å². The fourth-order valence-corrected chi connectivity index (χ4v) is 3.78. The number of benzene rings is 1. The molecule has 2 heterocycles. The van der Waals surface area contributed by atoms with E-state index in [1.54, 1.807) is 0 Å². The van der Waals surface area contributed by atoms with E-state index in [1.807, 2.05) is 38.7 Å². The third kappa shape index (κ3) is 3.80. The van der Waals surface area contributed by atoms with Gasteiger partial charge in [-0.1, -0.05) is 11.6 Å². The lowest BCUT2D eigenvalue weighted by Crippen LogP contribution is -2.44. The minimum absolute atomic E-state index is 0.0702. The normalized spacial score (nSPS) is 21.1. The number of aryl methyl sites for hydroxylation is 1. The third-order valence-corrected chi connectivity index (χ3v) is 5.11. The summed E-state index contributed by atoms with van der Waals surface area (Å²) < 4.78 is 0. The molecule has 0 aliphatic carbocycles. The van der Waals surface area contributed by atoms with Gasteiger partial charge in [0.25, 0.3) is 5.91 Å². The fraction of sp³-hybridized carbons (Fsp3) is 0.600. The zero-order chi connectivity index (χ0) is 18.2. The largest absolute Gasteiger partial charge is 0.371 e. The first-order chi connectivity index (χ1) is 11.8. The van der Waals surface area contributed by atoms with E-state index < -0.39 is 0 Å². The van der Waals surface area contributed by atoms with E-state index in [1.165, 1.54) is 12.8 Å². The van der Waals surface area contributed by atoms with Crippen molar-refractivity contribution in [2.75, 3.05) is 24.5 Å². The van der Waals surface area contributed by atoms with Crippen LogP contribution in [0.15, 0.2) is 18.2 Å². The summed E-state index contributed by atoms with van der Waals surface area (Å²) in [5.74, 6) is 0.0426. The summed E-state index contributed by atoms with van der Waals surface area (Å²) in [4.78, 5) is 29.3. The van der Waals surface area contributed by atoms with Crippen LogP contribution in [-0.4, -0.2) is 47.9 Å². The predicted molar refractivity (Wildman–Crippen MR) is 100.0 cm³/mol. The maximum Gasteiger partial charge on any atom is 0.253 e. The van der Waals surface area contributed by atoms with Crippen molar-refractivity contribution in [3.8, 4) is 0 Å². The van der Waals surface area contributed by atoms with E-state index >= 15 is 0 Å². The first-order valence-electron chi connectivity index (χ1n) is 9.22. The summed E-state index contributed by atoms with van der Waals surface area (Å²) in [6.45, 7) is 10.7. The van der Waals surface area contributed by atoms with Gasteiger partial charge < -0.3 is 15.1 Å². The number of carbonyl (C=O) groups is 2. The zero-order valence-corrected chi connectivity index (χ0v) is 15.8. The van der Waals surface area contributed by atoms with Crippen LogP contribution in [0.25, 0.3) is 0 Å².